The predicted molar refractivity (Wildman–Crippen MR) is 81.9 cm³/mol. The van der Waals surface area contributed by atoms with Gasteiger partial charge in [0.15, 0.2) is 0 Å². The van der Waals surface area contributed by atoms with E-state index in [9.17, 15) is 4.39 Å². The van der Waals surface area contributed by atoms with E-state index in [0.29, 0.717) is 0 Å². The molecule has 0 bridgehead atoms. The summed E-state index contributed by atoms with van der Waals surface area (Å²) in [7, 11) is 0. The van der Waals surface area contributed by atoms with Crippen LogP contribution in [0.4, 0.5) is 4.39 Å². The van der Waals surface area contributed by atoms with Crippen LogP contribution in [0.3, 0.4) is 0 Å². The molecule has 3 heteroatoms. The van der Waals surface area contributed by atoms with Gasteiger partial charge in [0.1, 0.15) is 17.7 Å². The first kappa shape index (κ1) is 14.1. The molecule has 1 heterocycles. The van der Waals surface area contributed by atoms with Crippen LogP contribution >= 0.6 is 0 Å². The van der Waals surface area contributed by atoms with E-state index in [-0.39, 0.29) is 11.9 Å². The van der Waals surface area contributed by atoms with Crippen molar-refractivity contribution in [3.8, 4) is 5.75 Å². The zero-order chi connectivity index (χ0) is 14.5. The summed E-state index contributed by atoms with van der Waals surface area (Å²) < 4.78 is 19.1. The zero-order valence-corrected chi connectivity index (χ0v) is 12.0. The lowest BCUT2D eigenvalue weighted by Crippen LogP contribution is -2.27. The fraction of sp³-hybridized carbons (Fsp3) is 0.333. The van der Waals surface area contributed by atoms with E-state index in [0.717, 1.165) is 43.7 Å². The smallest absolute Gasteiger partial charge is 0.123 e. The Hall–Kier alpha value is -1.87. The lowest BCUT2D eigenvalue weighted by atomic mass is 10.0. The minimum atomic E-state index is -0.180. The molecular weight excluding hydrogens is 265 g/mol. The zero-order valence-electron chi connectivity index (χ0n) is 12.0. The number of fused-ring (bicyclic) bond motifs is 1. The van der Waals surface area contributed by atoms with Crippen molar-refractivity contribution < 1.29 is 9.13 Å². The Morgan fingerprint density at radius 1 is 1.14 bits per heavy atom. The largest absolute Gasteiger partial charge is 0.490 e. The van der Waals surface area contributed by atoms with Gasteiger partial charge in [-0.25, -0.2) is 4.39 Å². The average Bonchev–Trinajstić information content (AvgIpc) is 2.52. The van der Waals surface area contributed by atoms with Gasteiger partial charge in [0.05, 0.1) is 0 Å². The topological polar surface area (TPSA) is 21.3 Å². The number of aryl methyl sites for hydroxylation is 1. The Labute approximate surface area is 125 Å². The first-order valence-corrected chi connectivity index (χ1v) is 7.51. The number of hydrogen-bond donors (Lipinski definition) is 1. The maximum atomic E-state index is 13.1. The Balaban J connectivity index is 1.44. The van der Waals surface area contributed by atoms with Gasteiger partial charge in [-0.1, -0.05) is 30.3 Å². The highest BCUT2D eigenvalue weighted by atomic mass is 19.1. The molecule has 1 aliphatic rings. The molecular formula is C18H20FNO. The molecule has 0 amide bonds. The summed E-state index contributed by atoms with van der Waals surface area (Å²) in [4.78, 5) is 0. The molecule has 21 heavy (non-hydrogen) atoms. The van der Waals surface area contributed by atoms with Crippen LogP contribution in [0.25, 0.3) is 0 Å². The Bertz CT molecular complexity index is 585. The van der Waals surface area contributed by atoms with Crippen molar-refractivity contribution in [2.45, 2.75) is 31.9 Å². The highest BCUT2D eigenvalue weighted by molar-refractivity contribution is 5.35. The van der Waals surface area contributed by atoms with Crippen LogP contribution in [0.15, 0.2) is 48.5 Å². The van der Waals surface area contributed by atoms with Crippen molar-refractivity contribution in [3.05, 3.63) is 65.5 Å². The third kappa shape index (κ3) is 3.82. The SMILES string of the molecule is Fc1ccc2c(c1)CC[C@@H](CCNCc1ccccc1)O2. The third-order valence-corrected chi connectivity index (χ3v) is 3.87. The molecule has 2 aromatic carbocycles. The van der Waals surface area contributed by atoms with Gasteiger partial charge in [-0.05, 0) is 55.1 Å². The molecule has 3 rings (SSSR count). The van der Waals surface area contributed by atoms with Crippen molar-refractivity contribution in [1.82, 2.24) is 5.32 Å². The quantitative estimate of drug-likeness (QED) is 0.846. The van der Waals surface area contributed by atoms with Crippen LogP contribution in [-0.2, 0) is 13.0 Å². The van der Waals surface area contributed by atoms with Gasteiger partial charge in [-0.3, -0.25) is 0 Å². The van der Waals surface area contributed by atoms with Crippen LogP contribution in [0.1, 0.15) is 24.0 Å². The summed E-state index contributed by atoms with van der Waals surface area (Å²) in [6.07, 6.45) is 3.06. The van der Waals surface area contributed by atoms with Gasteiger partial charge in [0.25, 0.3) is 0 Å². The maximum absolute atomic E-state index is 13.1. The summed E-state index contributed by atoms with van der Waals surface area (Å²) in [6, 6.07) is 15.2. The second-order valence-corrected chi connectivity index (χ2v) is 5.48. The van der Waals surface area contributed by atoms with Gasteiger partial charge >= 0.3 is 0 Å². The fourth-order valence-corrected chi connectivity index (χ4v) is 2.71. The van der Waals surface area contributed by atoms with Crippen LogP contribution in [0.2, 0.25) is 0 Å². The van der Waals surface area contributed by atoms with Crippen LogP contribution in [0.5, 0.6) is 5.75 Å². The fourth-order valence-electron chi connectivity index (χ4n) is 2.71. The van der Waals surface area contributed by atoms with Crippen molar-refractivity contribution in [2.24, 2.45) is 0 Å². The van der Waals surface area contributed by atoms with Gasteiger partial charge in [0.2, 0.25) is 0 Å². The maximum Gasteiger partial charge on any atom is 0.123 e. The molecule has 0 saturated heterocycles. The van der Waals surface area contributed by atoms with Crippen molar-refractivity contribution in [1.29, 1.82) is 0 Å². The van der Waals surface area contributed by atoms with Gasteiger partial charge in [-0.15, -0.1) is 0 Å². The van der Waals surface area contributed by atoms with E-state index < -0.39 is 0 Å². The van der Waals surface area contributed by atoms with Crippen molar-refractivity contribution in [2.75, 3.05) is 6.54 Å². The first-order valence-electron chi connectivity index (χ1n) is 7.51. The number of benzene rings is 2. The van der Waals surface area contributed by atoms with E-state index in [1.54, 1.807) is 12.1 Å². The van der Waals surface area contributed by atoms with E-state index in [2.05, 4.69) is 29.6 Å². The van der Waals surface area contributed by atoms with E-state index in [4.69, 9.17) is 4.74 Å². The van der Waals surface area contributed by atoms with Crippen LogP contribution in [0, 0.1) is 5.82 Å². The summed E-state index contributed by atoms with van der Waals surface area (Å²) in [5.74, 6) is 0.663. The molecule has 2 aromatic rings. The molecule has 110 valence electrons. The second kappa shape index (κ2) is 6.72. The van der Waals surface area contributed by atoms with Crippen molar-refractivity contribution >= 4 is 0 Å². The molecule has 0 spiro atoms. The molecule has 1 atom stereocenters. The van der Waals surface area contributed by atoms with Crippen molar-refractivity contribution in [3.63, 3.8) is 0 Å². The molecule has 0 unspecified atom stereocenters. The van der Waals surface area contributed by atoms with E-state index in [1.807, 2.05) is 6.07 Å². The molecule has 0 aliphatic carbocycles. The van der Waals surface area contributed by atoms with Gasteiger partial charge in [0, 0.05) is 6.54 Å². The summed E-state index contributed by atoms with van der Waals surface area (Å²) in [6.45, 7) is 1.81. The highest BCUT2D eigenvalue weighted by Crippen LogP contribution is 2.28. The molecule has 0 saturated carbocycles. The summed E-state index contributed by atoms with van der Waals surface area (Å²) >= 11 is 0. The van der Waals surface area contributed by atoms with Gasteiger partial charge < -0.3 is 10.1 Å². The lowest BCUT2D eigenvalue weighted by Gasteiger charge is -2.26. The first-order chi connectivity index (χ1) is 10.3. The highest BCUT2D eigenvalue weighted by Gasteiger charge is 2.19. The Morgan fingerprint density at radius 3 is 2.86 bits per heavy atom. The normalized spacial score (nSPS) is 17.1. The molecule has 2 nitrogen and oxygen atoms in total. The lowest BCUT2D eigenvalue weighted by molar-refractivity contribution is 0.163. The minimum absolute atomic E-state index is 0.180. The molecule has 0 fully saturated rings. The van der Waals surface area contributed by atoms with Crippen LogP contribution in [-0.4, -0.2) is 12.6 Å². The average molecular weight is 285 g/mol. The number of halogens is 1. The molecule has 1 aliphatic heterocycles. The Morgan fingerprint density at radius 2 is 2.00 bits per heavy atom. The van der Waals surface area contributed by atoms with Crippen LogP contribution < -0.4 is 10.1 Å². The monoisotopic (exact) mass is 285 g/mol. The molecule has 1 N–H and O–H groups in total. The number of nitrogens with one attached hydrogen (secondary N) is 1. The number of rotatable bonds is 5. The second-order valence-electron chi connectivity index (χ2n) is 5.48. The Kier molecular flexibility index (Phi) is 4.51. The van der Waals surface area contributed by atoms with E-state index >= 15 is 0 Å². The summed E-state index contributed by atoms with van der Waals surface area (Å²) in [5, 5.41) is 3.44. The minimum Gasteiger partial charge on any atom is -0.490 e. The van der Waals surface area contributed by atoms with E-state index in [1.165, 1.54) is 11.6 Å². The standard InChI is InChI=1S/C18H20FNO/c19-16-7-9-18-15(12-16)6-8-17(21-18)10-11-20-13-14-4-2-1-3-5-14/h1-5,7,9,12,17,20H,6,8,10-11,13H2/t17-/m0/s1. The molecule has 0 radical (unpaired) electrons. The molecule has 0 aromatic heterocycles. The third-order valence-electron chi connectivity index (χ3n) is 3.87. The number of hydrogen-bond acceptors (Lipinski definition) is 2. The predicted octanol–water partition coefficient (Wildman–Crippen LogP) is 3.70. The number of ether oxygens (including phenoxy) is 1. The summed E-state index contributed by atoms with van der Waals surface area (Å²) in [5.41, 5.74) is 2.28. The van der Waals surface area contributed by atoms with Gasteiger partial charge in [-0.2, -0.15) is 0 Å².